The number of aromatic nitrogens is 2. The summed E-state index contributed by atoms with van der Waals surface area (Å²) in [5, 5.41) is 2.79. The zero-order valence-electron chi connectivity index (χ0n) is 19.8. The third-order valence-corrected chi connectivity index (χ3v) is 5.93. The number of carbonyl (C=O) groups is 2. The molecule has 0 amide bonds. The fourth-order valence-corrected chi connectivity index (χ4v) is 3.96. The van der Waals surface area contributed by atoms with Crippen LogP contribution in [0.3, 0.4) is 0 Å². The van der Waals surface area contributed by atoms with Crippen molar-refractivity contribution in [2.75, 3.05) is 26.4 Å². The first-order chi connectivity index (χ1) is 18.0. The van der Waals surface area contributed by atoms with Crippen LogP contribution in [0.25, 0.3) is 21.8 Å². The molecule has 2 heterocycles. The van der Waals surface area contributed by atoms with Gasteiger partial charge in [-0.25, -0.2) is 0 Å². The molecule has 0 saturated heterocycles. The van der Waals surface area contributed by atoms with E-state index in [2.05, 4.69) is 9.97 Å². The van der Waals surface area contributed by atoms with Crippen molar-refractivity contribution in [1.29, 1.82) is 0 Å². The molecule has 8 nitrogen and oxygen atoms in total. The summed E-state index contributed by atoms with van der Waals surface area (Å²) in [7, 11) is 0. The van der Waals surface area contributed by atoms with Gasteiger partial charge in [0, 0.05) is 36.0 Å². The second kappa shape index (κ2) is 13.1. The van der Waals surface area contributed by atoms with Crippen LogP contribution in [0.2, 0.25) is 10.0 Å². The van der Waals surface area contributed by atoms with Crippen LogP contribution >= 0.6 is 23.2 Å². The van der Waals surface area contributed by atoms with Gasteiger partial charge in [-0.2, -0.15) is 0 Å². The average Bonchev–Trinajstić information content (AvgIpc) is 2.91. The van der Waals surface area contributed by atoms with Crippen molar-refractivity contribution >= 4 is 56.9 Å². The summed E-state index contributed by atoms with van der Waals surface area (Å²) < 4.78 is 21.7. The molecule has 0 spiro atoms. The molecule has 0 bridgehead atoms. The molecule has 0 radical (unpaired) electrons. The minimum absolute atomic E-state index is 0.113. The highest BCUT2D eigenvalue weighted by Crippen LogP contribution is 2.30. The van der Waals surface area contributed by atoms with Gasteiger partial charge in [0.25, 0.3) is 0 Å². The largest absolute Gasteiger partial charge is 0.491 e. The lowest BCUT2D eigenvalue weighted by atomic mass is 10.2. The Labute approximate surface area is 223 Å². The van der Waals surface area contributed by atoms with Crippen LogP contribution in [0.4, 0.5) is 0 Å². The number of hydrogen-bond acceptors (Lipinski definition) is 8. The monoisotopic (exact) mass is 542 g/mol. The fraction of sp³-hybridized carbons (Fsp3) is 0.259. The van der Waals surface area contributed by atoms with E-state index in [9.17, 15) is 9.59 Å². The molecule has 2 aromatic carbocycles. The standard InChI is InChI=1S/C27H24Cl2N2O6/c28-20-7-9-22(26-18(20)5-1-11-30-26)34-13-3-15-36-24(32)17-25(33)37-16-4-14-35-23-10-8-21(29)19-6-2-12-31-27(19)23/h1-2,5-12H,3-4,13-17H2. The molecular weight excluding hydrogens is 519 g/mol. The molecule has 192 valence electrons. The Morgan fingerprint density at radius 3 is 1.57 bits per heavy atom. The van der Waals surface area contributed by atoms with Crippen LogP contribution in [0.5, 0.6) is 11.5 Å². The predicted molar refractivity (Wildman–Crippen MR) is 140 cm³/mol. The van der Waals surface area contributed by atoms with Gasteiger partial charge in [0.15, 0.2) is 0 Å². The Bertz CT molecular complexity index is 1290. The average molecular weight is 543 g/mol. The summed E-state index contributed by atoms with van der Waals surface area (Å²) >= 11 is 12.4. The van der Waals surface area contributed by atoms with Gasteiger partial charge in [0.05, 0.1) is 36.5 Å². The van der Waals surface area contributed by atoms with Crippen molar-refractivity contribution < 1.29 is 28.5 Å². The van der Waals surface area contributed by atoms with Gasteiger partial charge < -0.3 is 18.9 Å². The van der Waals surface area contributed by atoms with E-state index in [4.69, 9.17) is 42.1 Å². The van der Waals surface area contributed by atoms with Gasteiger partial charge in [-0.15, -0.1) is 0 Å². The van der Waals surface area contributed by atoms with Gasteiger partial charge in [0.1, 0.15) is 29.0 Å². The van der Waals surface area contributed by atoms with E-state index in [-0.39, 0.29) is 13.2 Å². The number of carbonyl (C=O) groups excluding carboxylic acids is 2. The van der Waals surface area contributed by atoms with Crippen LogP contribution in [0, 0.1) is 0 Å². The number of pyridine rings is 2. The summed E-state index contributed by atoms with van der Waals surface area (Å²) in [6.45, 7) is 0.844. The summed E-state index contributed by atoms with van der Waals surface area (Å²) in [4.78, 5) is 32.4. The normalized spacial score (nSPS) is 10.9. The first-order valence-electron chi connectivity index (χ1n) is 11.7. The lowest BCUT2D eigenvalue weighted by Gasteiger charge is -2.10. The minimum Gasteiger partial charge on any atom is -0.491 e. The van der Waals surface area contributed by atoms with E-state index >= 15 is 0 Å². The molecule has 0 fully saturated rings. The molecule has 0 unspecified atom stereocenters. The molecule has 0 aliphatic rings. The molecule has 10 heteroatoms. The Morgan fingerprint density at radius 2 is 1.11 bits per heavy atom. The number of halogens is 2. The van der Waals surface area contributed by atoms with Gasteiger partial charge in [-0.3, -0.25) is 19.6 Å². The first-order valence-corrected chi connectivity index (χ1v) is 12.4. The zero-order chi connectivity index (χ0) is 26.0. The number of ether oxygens (including phenoxy) is 4. The Hall–Kier alpha value is -3.62. The number of rotatable bonds is 12. The minimum atomic E-state index is -0.654. The fourth-order valence-electron chi connectivity index (χ4n) is 3.53. The summed E-state index contributed by atoms with van der Waals surface area (Å²) in [5.74, 6) is -0.115. The van der Waals surface area contributed by atoms with E-state index in [1.807, 2.05) is 12.1 Å². The lowest BCUT2D eigenvalue weighted by molar-refractivity contribution is -0.154. The maximum atomic E-state index is 11.9. The zero-order valence-corrected chi connectivity index (χ0v) is 21.3. The van der Waals surface area contributed by atoms with Crippen LogP contribution in [-0.4, -0.2) is 48.3 Å². The van der Waals surface area contributed by atoms with Gasteiger partial charge in [0.2, 0.25) is 0 Å². The Kier molecular flexibility index (Phi) is 9.35. The maximum absolute atomic E-state index is 11.9. The molecular formula is C27H24Cl2N2O6. The molecule has 0 N–H and O–H groups in total. The second-order valence-electron chi connectivity index (χ2n) is 7.91. The van der Waals surface area contributed by atoms with E-state index < -0.39 is 18.4 Å². The van der Waals surface area contributed by atoms with Crippen molar-refractivity contribution in [1.82, 2.24) is 9.97 Å². The highest BCUT2D eigenvalue weighted by Gasteiger charge is 2.13. The van der Waals surface area contributed by atoms with Gasteiger partial charge in [-0.1, -0.05) is 23.2 Å². The number of benzene rings is 2. The van der Waals surface area contributed by atoms with E-state index in [1.165, 1.54) is 0 Å². The SMILES string of the molecule is O=C(CC(=O)OCCCOc1ccc(Cl)c2cccnc12)OCCCOc1ccc(Cl)c2cccnc12. The summed E-state index contributed by atoms with van der Waals surface area (Å²) in [5.41, 5.74) is 1.33. The Balaban J connectivity index is 1.09. The van der Waals surface area contributed by atoms with Crippen molar-refractivity contribution in [3.8, 4) is 11.5 Å². The lowest BCUT2D eigenvalue weighted by Crippen LogP contribution is -2.16. The van der Waals surface area contributed by atoms with Crippen LogP contribution < -0.4 is 9.47 Å². The number of hydrogen-bond donors (Lipinski definition) is 0. The van der Waals surface area contributed by atoms with E-state index in [0.29, 0.717) is 58.6 Å². The van der Waals surface area contributed by atoms with E-state index in [1.54, 1.807) is 48.8 Å². The predicted octanol–water partition coefficient (Wildman–Crippen LogP) is 5.80. The molecule has 0 saturated carbocycles. The molecule has 4 rings (SSSR count). The highest BCUT2D eigenvalue weighted by molar-refractivity contribution is 6.36. The molecule has 4 aromatic rings. The Morgan fingerprint density at radius 1 is 0.649 bits per heavy atom. The smallest absolute Gasteiger partial charge is 0.317 e. The summed E-state index contributed by atoms with van der Waals surface area (Å²) in [6, 6.07) is 14.3. The van der Waals surface area contributed by atoms with Crippen molar-refractivity contribution in [3.63, 3.8) is 0 Å². The van der Waals surface area contributed by atoms with Crippen LogP contribution in [-0.2, 0) is 19.1 Å². The van der Waals surface area contributed by atoms with E-state index in [0.717, 1.165) is 10.8 Å². The second-order valence-corrected chi connectivity index (χ2v) is 8.73. The van der Waals surface area contributed by atoms with Crippen molar-refractivity contribution in [3.05, 3.63) is 71.0 Å². The molecule has 2 aromatic heterocycles. The topological polar surface area (TPSA) is 96.8 Å². The number of nitrogens with zero attached hydrogens (tertiary/aromatic N) is 2. The number of esters is 2. The van der Waals surface area contributed by atoms with Crippen LogP contribution in [0.1, 0.15) is 19.3 Å². The van der Waals surface area contributed by atoms with Crippen molar-refractivity contribution in [2.24, 2.45) is 0 Å². The third kappa shape index (κ3) is 7.21. The van der Waals surface area contributed by atoms with Gasteiger partial charge >= 0.3 is 11.9 Å². The molecule has 37 heavy (non-hydrogen) atoms. The summed E-state index contributed by atoms with van der Waals surface area (Å²) in [6.07, 6.45) is 3.77. The van der Waals surface area contributed by atoms with Gasteiger partial charge in [-0.05, 0) is 48.5 Å². The first kappa shape index (κ1) is 26.4. The maximum Gasteiger partial charge on any atom is 0.317 e. The number of fused-ring (bicyclic) bond motifs is 2. The molecule has 0 aliphatic heterocycles. The quantitative estimate of drug-likeness (QED) is 0.126. The third-order valence-electron chi connectivity index (χ3n) is 5.27. The van der Waals surface area contributed by atoms with Crippen molar-refractivity contribution in [2.45, 2.75) is 19.3 Å². The van der Waals surface area contributed by atoms with Crippen LogP contribution in [0.15, 0.2) is 60.9 Å². The molecule has 0 atom stereocenters. The highest BCUT2D eigenvalue weighted by atomic mass is 35.5. The molecule has 0 aliphatic carbocycles.